The van der Waals surface area contributed by atoms with Gasteiger partial charge in [-0.05, 0) is 38.0 Å². The number of nitrogens with one attached hydrogen (secondary N) is 2. The van der Waals surface area contributed by atoms with Gasteiger partial charge in [0.25, 0.3) is 11.5 Å². The number of halogens is 1. The average Bonchev–Trinajstić information content (AvgIpc) is 3.55. The van der Waals surface area contributed by atoms with Crippen LogP contribution in [0.1, 0.15) is 30.1 Å². The van der Waals surface area contributed by atoms with Crippen LogP contribution < -0.4 is 15.6 Å². The summed E-state index contributed by atoms with van der Waals surface area (Å²) in [5.74, 6) is -0.631. The molecule has 2 N–H and O–H groups in total. The van der Waals surface area contributed by atoms with Crippen molar-refractivity contribution in [3.63, 3.8) is 0 Å². The van der Waals surface area contributed by atoms with Crippen LogP contribution in [-0.4, -0.2) is 51.7 Å². The van der Waals surface area contributed by atoms with Crippen molar-refractivity contribution in [3.05, 3.63) is 63.7 Å². The predicted octanol–water partition coefficient (Wildman–Crippen LogP) is 1.49. The molecular formula is C21H23ClN6O4S. The number of carbonyl (C=O) groups excluding carboxylic acids is 1. The molecule has 1 aliphatic rings. The van der Waals surface area contributed by atoms with Crippen LogP contribution in [0.15, 0.2) is 47.5 Å². The van der Waals surface area contributed by atoms with Crippen LogP contribution in [0.3, 0.4) is 0 Å². The van der Waals surface area contributed by atoms with Gasteiger partial charge in [0.1, 0.15) is 11.3 Å². The molecule has 0 aliphatic heterocycles. The van der Waals surface area contributed by atoms with Gasteiger partial charge < -0.3 is 5.32 Å². The smallest absolute Gasteiger partial charge is 0.284 e. The maximum Gasteiger partial charge on any atom is 0.284 e. The SMILES string of the molecule is CC(CNS(=O)(=O)C1CC1)NC(=O)c1cc(-c2ccc(Cl)cc2)nn(-c2cnn(C)c2)c1=O. The van der Waals surface area contributed by atoms with Gasteiger partial charge in [-0.2, -0.15) is 14.9 Å². The highest BCUT2D eigenvalue weighted by Gasteiger charge is 2.35. The topological polar surface area (TPSA) is 128 Å². The summed E-state index contributed by atoms with van der Waals surface area (Å²) >= 11 is 5.98. The van der Waals surface area contributed by atoms with Crippen molar-refractivity contribution in [3.8, 4) is 16.9 Å². The van der Waals surface area contributed by atoms with Crippen LogP contribution in [0.4, 0.5) is 0 Å². The summed E-state index contributed by atoms with van der Waals surface area (Å²) in [5, 5.41) is 11.4. The first-order chi connectivity index (χ1) is 15.6. The molecule has 12 heteroatoms. The average molecular weight is 491 g/mol. The fraction of sp³-hybridized carbons (Fsp3) is 0.333. The molecule has 0 spiro atoms. The van der Waals surface area contributed by atoms with Crippen molar-refractivity contribution in [1.82, 2.24) is 29.6 Å². The predicted molar refractivity (Wildman–Crippen MR) is 124 cm³/mol. The molecule has 2 heterocycles. The molecule has 0 bridgehead atoms. The van der Waals surface area contributed by atoms with E-state index in [2.05, 4.69) is 20.2 Å². The molecule has 1 aromatic carbocycles. The van der Waals surface area contributed by atoms with E-state index in [9.17, 15) is 18.0 Å². The number of sulfonamides is 1. The van der Waals surface area contributed by atoms with Crippen molar-refractivity contribution in [2.45, 2.75) is 31.1 Å². The second-order valence-electron chi connectivity index (χ2n) is 8.01. The lowest BCUT2D eigenvalue weighted by atomic mass is 10.1. The van der Waals surface area contributed by atoms with Crippen LogP contribution in [0, 0.1) is 0 Å². The Bertz CT molecular complexity index is 1350. The number of benzene rings is 1. The van der Waals surface area contributed by atoms with E-state index >= 15 is 0 Å². The van der Waals surface area contributed by atoms with E-state index in [0.29, 0.717) is 34.8 Å². The Morgan fingerprint density at radius 1 is 1.27 bits per heavy atom. The summed E-state index contributed by atoms with van der Waals surface area (Å²) in [6, 6.07) is 7.72. The minimum Gasteiger partial charge on any atom is -0.348 e. The second kappa shape index (κ2) is 9.08. The zero-order valence-corrected chi connectivity index (χ0v) is 19.6. The molecule has 2 aromatic heterocycles. The number of amides is 1. The molecule has 0 radical (unpaired) electrons. The lowest BCUT2D eigenvalue weighted by Gasteiger charge is -2.15. The van der Waals surface area contributed by atoms with Crippen molar-refractivity contribution >= 4 is 27.5 Å². The third-order valence-electron chi connectivity index (χ3n) is 5.16. The third-order valence-corrected chi connectivity index (χ3v) is 7.33. The quantitative estimate of drug-likeness (QED) is 0.492. The number of rotatable bonds is 8. The molecule has 1 fully saturated rings. The lowest BCUT2D eigenvalue weighted by molar-refractivity contribution is 0.0938. The van der Waals surface area contributed by atoms with Gasteiger partial charge in [0.2, 0.25) is 10.0 Å². The number of nitrogens with zero attached hydrogens (tertiary/aromatic N) is 4. The molecule has 174 valence electrons. The first kappa shape index (κ1) is 23.1. The molecule has 33 heavy (non-hydrogen) atoms. The van der Waals surface area contributed by atoms with Crippen molar-refractivity contribution in [2.24, 2.45) is 7.05 Å². The Balaban J connectivity index is 1.64. The van der Waals surface area contributed by atoms with Gasteiger partial charge >= 0.3 is 0 Å². The molecule has 0 saturated heterocycles. The normalized spacial score (nSPS) is 14.8. The Morgan fingerprint density at radius 3 is 2.58 bits per heavy atom. The van der Waals surface area contributed by atoms with Crippen molar-refractivity contribution in [1.29, 1.82) is 0 Å². The lowest BCUT2D eigenvalue weighted by Crippen LogP contribution is -2.44. The van der Waals surface area contributed by atoms with E-state index in [1.807, 2.05) is 0 Å². The summed E-state index contributed by atoms with van der Waals surface area (Å²) in [6.07, 6.45) is 4.37. The zero-order valence-electron chi connectivity index (χ0n) is 18.0. The maximum atomic E-state index is 13.1. The Hall–Kier alpha value is -3.02. The molecule has 1 atom stereocenters. The molecule has 1 unspecified atom stereocenters. The van der Waals surface area contributed by atoms with E-state index in [0.717, 1.165) is 4.68 Å². The molecule has 3 aromatic rings. The Kier molecular flexibility index (Phi) is 6.37. The Labute approximate surface area is 195 Å². The standard InChI is InChI=1S/C21H23ClN6O4S/c1-13(10-24-33(31,32)17-7-8-17)25-20(29)18-9-19(14-3-5-15(22)6-4-14)26-28(21(18)30)16-11-23-27(2)12-16/h3-6,9,11-13,17,24H,7-8,10H2,1-2H3,(H,25,29). The number of hydrogen-bond acceptors (Lipinski definition) is 6. The van der Waals surface area contributed by atoms with E-state index < -0.39 is 27.5 Å². The van der Waals surface area contributed by atoms with Crippen LogP contribution in [0.2, 0.25) is 5.02 Å². The van der Waals surface area contributed by atoms with Gasteiger partial charge in [-0.1, -0.05) is 23.7 Å². The first-order valence-corrected chi connectivity index (χ1v) is 12.2. The maximum absolute atomic E-state index is 13.1. The number of aromatic nitrogens is 4. The molecule has 1 amide bonds. The molecule has 10 nitrogen and oxygen atoms in total. The van der Waals surface area contributed by atoms with Gasteiger partial charge in [0.05, 0.1) is 23.3 Å². The number of aryl methyl sites for hydroxylation is 1. The fourth-order valence-corrected chi connectivity index (χ4v) is 4.80. The second-order valence-corrected chi connectivity index (χ2v) is 10.5. The van der Waals surface area contributed by atoms with Crippen molar-refractivity contribution in [2.75, 3.05) is 6.54 Å². The van der Waals surface area contributed by atoms with Gasteiger partial charge in [0, 0.05) is 30.2 Å². The number of carbonyl (C=O) groups is 1. The fourth-order valence-electron chi connectivity index (χ4n) is 3.20. The largest absolute Gasteiger partial charge is 0.348 e. The monoisotopic (exact) mass is 490 g/mol. The van der Waals surface area contributed by atoms with E-state index in [4.69, 9.17) is 11.6 Å². The van der Waals surface area contributed by atoms with E-state index in [1.165, 1.54) is 16.9 Å². The van der Waals surface area contributed by atoms with E-state index in [1.54, 1.807) is 44.4 Å². The summed E-state index contributed by atoms with van der Waals surface area (Å²) in [4.78, 5) is 26.1. The molecule has 1 aliphatic carbocycles. The molecular weight excluding hydrogens is 468 g/mol. The Morgan fingerprint density at radius 2 is 1.97 bits per heavy atom. The van der Waals surface area contributed by atoms with Gasteiger partial charge in [-0.25, -0.2) is 13.1 Å². The summed E-state index contributed by atoms with van der Waals surface area (Å²) < 4.78 is 29.2. The first-order valence-electron chi connectivity index (χ1n) is 10.3. The highest BCUT2D eigenvalue weighted by Crippen LogP contribution is 2.27. The third kappa shape index (κ3) is 5.32. The van der Waals surface area contributed by atoms with Gasteiger partial charge in [-0.15, -0.1) is 0 Å². The highest BCUT2D eigenvalue weighted by atomic mass is 35.5. The minimum absolute atomic E-state index is 0.0243. The van der Waals surface area contributed by atoms with Gasteiger partial charge in [0.15, 0.2) is 0 Å². The minimum atomic E-state index is -3.37. The van der Waals surface area contributed by atoms with E-state index in [-0.39, 0.29) is 17.4 Å². The summed E-state index contributed by atoms with van der Waals surface area (Å²) in [5.41, 5.74) is 0.705. The van der Waals surface area contributed by atoms with Gasteiger partial charge in [-0.3, -0.25) is 14.3 Å². The molecule has 4 rings (SSSR count). The zero-order chi connectivity index (χ0) is 23.8. The highest BCUT2D eigenvalue weighted by molar-refractivity contribution is 7.90. The van der Waals surface area contributed by atoms with Crippen LogP contribution in [0.25, 0.3) is 16.9 Å². The summed E-state index contributed by atoms with van der Waals surface area (Å²) in [6.45, 7) is 1.69. The van der Waals surface area contributed by atoms with Crippen LogP contribution in [0.5, 0.6) is 0 Å². The van der Waals surface area contributed by atoms with Crippen molar-refractivity contribution < 1.29 is 13.2 Å². The van der Waals surface area contributed by atoms with Crippen LogP contribution >= 0.6 is 11.6 Å². The molecule has 1 saturated carbocycles. The number of hydrogen-bond donors (Lipinski definition) is 2. The van der Waals surface area contributed by atoms with Crippen LogP contribution in [-0.2, 0) is 17.1 Å². The summed E-state index contributed by atoms with van der Waals surface area (Å²) in [7, 11) is -1.67.